The summed E-state index contributed by atoms with van der Waals surface area (Å²) in [5, 5.41) is 12.8. The Bertz CT molecular complexity index is 253. The van der Waals surface area contributed by atoms with Gasteiger partial charge in [-0.25, -0.2) is 0 Å². The lowest BCUT2D eigenvalue weighted by Crippen LogP contribution is -2.60. The topological polar surface area (TPSA) is 58.6 Å². The molecule has 0 radical (unpaired) electrons. The summed E-state index contributed by atoms with van der Waals surface area (Å²) < 4.78 is 5.38. The van der Waals surface area contributed by atoms with E-state index in [4.69, 9.17) is 4.74 Å². The number of aliphatic carboxylic acids is 1. The van der Waals surface area contributed by atoms with Gasteiger partial charge in [0.25, 0.3) is 0 Å². The van der Waals surface area contributed by atoms with Crippen molar-refractivity contribution in [2.45, 2.75) is 62.9 Å². The molecule has 1 aliphatic heterocycles. The highest BCUT2D eigenvalue weighted by Gasteiger charge is 2.41. The quantitative estimate of drug-likeness (QED) is 0.741. The monoisotopic (exact) mass is 241 g/mol. The van der Waals surface area contributed by atoms with Gasteiger partial charge in [-0.2, -0.15) is 0 Å². The van der Waals surface area contributed by atoms with E-state index in [1.807, 2.05) is 0 Å². The van der Waals surface area contributed by atoms with Crippen LogP contribution in [0.4, 0.5) is 0 Å². The number of carboxylic acids is 1. The van der Waals surface area contributed by atoms with E-state index in [1.54, 1.807) is 0 Å². The van der Waals surface area contributed by atoms with Crippen LogP contribution in [-0.4, -0.2) is 35.9 Å². The first kappa shape index (κ1) is 12.8. The van der Waals surface area contributed by atoms with Crippen LogP contribution in [-0.2, 0) is 9.53 Å². The van der Waals surface area contributed by atoms with Gasteiger partial charge in [-0.1, -0.05) is 25.7 Å². The molecule has 1 atom stereocenters. The molecule has 1 aliphatic carbocycles. The molecule has 98 valence electrons. The van der Waals surface area contributed by atoms with Crippen LogP contribution in [0.5, 0.6) is 0 Å². The first-order valence-electron chi connectivity index (χ1n) is 6.82. The molecule has 1 unspecified atom stereocenters. The molecule has 1 heterocycles. The maximum absolute atomic E-state index is 11.5. The number of nitrogens with one attached hydrogen (secondary N) is 1. The van der Waals surface area contributed by atoms with Gasteiger partial charge in [0.1, 0.15) is 5.54 Å². The van der Waals surface area contributed by atoms with Crippen LogP contribution in [0.1, 0.15) is 51.4 Å². The molecule has 2 N–H and O–H groups in total. The molecule has 2 aliphatic rings. The molecule has 0 amide bonds. The van der Waals surface area contributed by atoms with Crippen LogP contribution < -0.4 is 5.32 Å². The van der Waals surface area contributed by atoms with Crippen LogP contribution in [0.25, 0.3) is 0 Å². The number of hydrogen-bond acceptors (Lipinski definition) is 3. The van der Waals surface area contributed by atoms with Gasteiger partial charge in [0, 0.05) is 12.6 Å². The SMILES string of the molecule is O=C(O)C1(NC2CCCCCC2)CCCOC1. The zero-order valence-electron chi connectivity index (χ0n) is 10.4. The minimum atomic E-state index is -0.826. The Kier molecular flexibility index (Phi) is 4.40. The smallest absolute Gasteiger partial charge is 0.326 e. The first-order valence-corrected chi connectivity index (χ1v) is 6.82. The van der Waals surface area contributed by atoms with Crippen molar-refractivity contribution in [1.29, 1.82) is 0 Å². The highest BCUT2D eigenvalue weighted by molar-refractivity contribution is 5.79. The number of hydrogen-bond donors (Lipinski definition) is 2. The zero-order valence-corrected chi connectivity index (χ0v) is 10.4. The maximum Gasteiger partial charge on any atom is 0.326 e. The Morgan fingerprint density at radius 3 is 2.41 bits per heavy atom. The van der Waals surface area contributed by atoms with Crippen molar-refractivity contribution in [2.75, 3.05) is 13.2 Å². The Morgan fingerprint density at radius 1 is 1.18 bits per heavy atom. The van der Waals surface area contributed by atoms with Crippen molar-refractivity contribution >= 4 is 5.97 Å². The van der Waals surface area contributed by atoms with E-state index < -0.39 is 11.5 Å². The fourth-order valence-electron chi connectivity index (χ4n) is 2.95. The number of carbonyl (C=O) groups is 1. The molecule has 0 aromatic carbocycles. The Morgan fingerprint density at radius 2 is 1.88 bits per heavy atom. The van der Waals surface area contributed by atoms with Gasteiger partial charge in [-0.15, -0.1) is 0 Å². The Labute approximate surface area is 103 Å². The summed E-state index contributed by atoms with van der Waals surface area (Å²) in [6.07, 6.45) is 8.75. The zero-order chi connectivity index (χ0) is 12.1. The van der Waals surface area contributed by atoms with Crippen molar-refractivity contribution in [3.05, 3.63) is 0 Å². The van der Waals surface area contributed by atoms with Crippen LogP contribution in [0.2, 0.25) is 0 Å². The van der Waals surface area contributed by atoms with Gasteiger partial charge in [0.2, 0.25) is 0 Å². The molecular weight excluding hydrogens is 218 g/mol. The minimum absolute atomic E-state index is 0.318. The second-order valence-electron chi connectivity index (χ2n) is 5.38. The maximum atomic E-state index is 11.5. The number of ether oxygens (including phenoxy) is 1. The minimum Gasteiger partial charge on any atom is -0.480 e. The molecule has 0 spiro atoms. The second-order valence-corrected chi connectivity index (χ2v) is 5.38. The fourth-order valence-corrected chi connectivity index (χ4v) is 2.95. The summed E-state index contributed by atoms with van der Waals surface area (Å²) in [5.41, 5.74) is -0.826. The average Bonchev–Trinajstić information content (AvgIpc) is 2.59. The normalized spacial score (nSPS) is 32.0. The van der Waals surface area contributed by atoms with Gasteiger partial charge >= 0.3 is 5.97 Å². The van der Waals surface area contributed by atoms with E-state index in [0.717, 1.165) is 19.3 Å². The van der Waals surface area contributed by atoms with Crippen molar-refractivity contribution < 1.29 is 14.6 Å². The molecule has 17 heavy (non-hydrogen) atoms. The highest BCUT2D eigenvalue weighted by atomic mass is 16.5. The van der Waals surface area contributed by atoms with E-state index >= 15 is 0 Å². The molecule has 4 heteroatoms. The molecular formula is C13H23NO3. The lowest BCUT2D eigenvalue weighted by Gasteiger charge is -2.37. The van der Waals surface area contributed by atoms with Crippen molar-refractivity contribution in [3.63, 3.8) is 0 Å². The molecule has 0 bridgehead atoms. The molecule has 0 aromatic rings. The third-order valence-electron chi connectivity index (χ3n) is 3.99. The van der Waals surface area contributed by atoms with E-state index in [9.17, 15) is 9.90 Å². The Balaban J connectivity index is 1.98. The lowest BCUT2D eigenvalue weighted by atomic mass is 9.90. The van der Waals surface area contributed by atoms with E-state index in [-0.39, 0.29) is 0 Å². The first-order chi connectivity index (χ1) is 8.23. The summed E-state index contributed by atoms with van der Waals surface area (Å²) in [6, 6.07) is 0.357. The Hall–Kier alpha value is -0.610. The summed E-state index contributed by atoms with van der Waals surface area (Å²) in [4.78, 5) is 11.5. The summed E-state index contributed by atoms with van der Waals surface area (Å²) in [6.45, 7) is 1.01. The van der Waals surface area contributed by atoms with Gasteiger partial charge in [-0.05, 0) is 25.7 Å². The van der Waals surface area contributed by atoms with Crippen molar-refractivity contribution in [1.82, 2.24) is 5.32 Å². The largest absolute Gasteiger partial charge is 0.480 e. The van der Waals surface area contributed by atoms with Gasteiger partial charge in [0.15, 0.2) is 0 Å². The van der Waals surface area contributed by atoms with E-state index in [1.165, 1.54) is 25.7 Å². The predicted octanol–water partition coefficient (Wildman–Crippen LogP) is 1.93. The molecule has 1 saturated heterocycles. The van der Waals surface area contributed by atoms with Crippen LogP contribution >= 0.6 is 0 Å². The van der Waals surface area contributed by atoms with Gasteiger partial charge in [-0.3, -0.25) is 10.1 Å². The second kappa shape index (κ2) is 5.83. The summed E-state index contributed by atoms with van der Waals surface area (Å²) in [5.74, 6) is -0.749. The van der Waals surface area contributed by atoms with Crippen LogP contribution in [0.3, 0.4) is 0 Å². The van der Waals surface area contributed by atoms with Crippen molar-refractivity contribution in [3.8, 4) is 0 Å². The molecule has 2 rings (SSSR count). The van der Waals surface area contributed by atoms with Crippen LogP contribution in [0.15, 0.2) is 0 Å². The highest BCUT2D eigenvalue weighted by Crippen LogP contribution is 2.24. The molecule has 1 saturated carbocycles. The van der Waals surface area contributed by atoms with Crippen LogP contribution in [0, 0.1) is 0 Å². The van der Waals surface area contributed by atoms with E-state index in [2.05, 4.69) is 5.32 Å². The van der Waals surface area contributed by atoms with E-state index in [0.29, 0.717) is 25.7 Å². The van der Waals surface area contributed by atoms with Gasteiger partial charge in [0.05, 0.1) is 6.61 Å². The molecule has 2 fully saturated rings. The molecule has 4 nitrogen and oxygen atoms in total. The number of rotatable bonds is 3. The van der Waals surface area contributed by atoms with Crippen molar-refractivity contribution in [2.24, 2.45) is 0 Å². The fraction of sp³-hybridized carbons (Fsp3) is 0.923. The van der Waals surface area contributed by atoms with Gasteiger partial charge < -0.3 is 9.84 Å². The summed E-state index contributed by atoms with van der Waals surface area (Å²) >= 11 is 0. The molecule has 0 aromatic heterocycles. The third-order valence-corrected chi connectivity index (χ3v) is 3.99. The average molecular weight is 241 g/mol. The lowest BCUT2D eigenvalue weighted by molar-refractivity contribution is -0.151. The summed E-state index contributed by atoms with van der Waals surface area (Å²) in [7, 11) is 0. The predicted molar refractivity (Wildman–Crippen MR) is 65.0 cm³/mol. The third kappa shape index (κ3) is 3.19. The number of carboxylic acid groups (broad SMARTS) is 1. The standard InChI is InChI=1S/C13H23NO3/c15-12(16)13(8-5-9-17-10-13)14-11-6-3-1-2-4-7-11/h11,14H,1-10H2,(H,15,16).